The van der Waals surface area contributed by atoms with E-state index in [1.807, 2.05) is 0 Å². The SMILES string of the molecule is O=S(=O)(c1cc(F)ccc1F)N1CCOC(CCl)C1. The lowest BCUT2D eigenvalue weighted by Crippen LogP contribution is -2.46. The highest BCUT2D eigenvalue weighted by molar-refractivity contribution is 7.89. The van der Waals surface area contributed by atoms with Crippen molar-refractivity contribution >= 4 is 21.6 Å². The zero-order valence-electron chi connectivity index (χ0n) is 9.85. The second kappa shape index (κ2) is 5.70. The van der Waals surface area contributed by atoms with Gasteiger partial charge in [-0.25, -0.2) is 17.2 Å². The highest BCUT2D eigenvalue weighted by atomic mass is 35.5. The van der Waals surface area contributed by atoms with Gasteiger partial charge in [0, 0.05) is 19.0 Å². The lowest BCUT2D eigenvalue weighted by Gasteiger charge is -2.31. The molecule has 106 valence electrons. The first-order valence-electron chi connectivity index (χ1n) is 5.58. The van der Waals surface area contributed by atoms with Gasteiger partial charge in [-0.3, -0.25) is 0 Å². The first-order chi connectivity index (χ1) is 8.95. The number of rotatable bonds is 3. The van der Waals surface area contributed by atoms with E-state index < -0.39 is 32.7 Å². The highest BCUT2D eigenvalue weighted by Crippen LogP contribution is 2.22. The Kier molecular flexibility index (Phi) is 4.39. The van der Waals surface area contributed by atoms with E-state index in [4.69, 9.17) is 16.3 Å². The third-order valence-electron chi connectivity index (χ3n) is 2.78. The molecule has 1 aromatic rings. The minimum Gasteiger partial charge on any atom is -0.374 e. The number of nitrogens with zero attached hydrogens (tertiary/aromatic N) is 1. The summed E-state index contributed by atoms with van der Waals surface area (Å²) in [6.45, 7) is 0.293. The third-order valence-corrected chi connectivity index (χ3v) is 5.01. The van der Waals surface area contributed by atoms with Crippen LogP contribution in [0.3, 0.4) is 0 Å². The number of ether oxygens (including phenoxy) is 1. The van der Waals surface area contributed by atoms with Gasteiger partial charge in [0.2, 0.25) is 10.0 Å². The Bertz CT molecular complexity index is 567. The second-order valence-electron chi connectivity index (χ2n) is 4.08. The van der Waals surface area contributed by atoms with Crippen LogP contribution in [0.2, 0.25) is 0 Å². The highest BCUT2D eigenvalue weighted by Gasteiger charge is 2.32. The molecule has 19 heavy (non-hydrogen) atoms. The molecule has 1 aromatic carbocycles. The van der Waals surface area contributed by atoms with Crippen LogP contribution in [0, 0.1) is 11.6 Å². The van der Waals surface area contributed by atoms with E-state index in [0.717, 1.165) is 16.4 Å². The van der Waals surface area contributed by atoms with Crippen LogP contribution < -0.4 is 0 Å². The Morgan fingerprint density at radius 1 is 1.42 bits per heavy atom. The largest absolute Gasteiger partial charge is 0.374 e. The lowest BCUT2D eigenvalue weighted by atomic mass is 10.3. The molecule has 0 saturated carbocycles. The summed E-state index contributed by atoms with van der Waals surface area (Å²) in [6.07, 6.45) is -0.443. The summed E-state index contributed by atoms with van der Waals surface area (Å²) in [6, 6.07) is 2.34. The van der Waals surface area contributed by atoms with Crippen molar-refractivity contribution in [3.05, 3.63) is 29.8 Å². The number of halogens is 3. The standard InChI is InChI=1S/C11H12ClF2NO3S/c12-6-9-7-15(3-4-18-9)19(16,17)11-5-8(13)1-2-10(11)14/h1-2,5,9H,3-4,6-7H2. The van der Waals surface area contributed by atoms with E-state index in [1.165, 1.54) is 0 Å². The first-order valence-corrected chi connectivity index (χ1v) is 7.55. The Morgan fingerprint density at radius 3 is 2.84 bits per heavy atom. The molecule has 1 unspecified atom stereocenters. The number of morpholine rings is 1. The molecule has 0 bridgehead atoms. The van der Waals surface area contributed by atoms with E-state index in [1.54, 1.807) is 0 Å². The van der Waals surface area contributed by atoms with Crippen LogP contribution in [0.4, 0.5) is 8.78 Å². The summed E-state index contributed by atoms with van der Waals surface area (Å²) in [5.41, 5.74) is 0. The molecule has 1 fully saturated rings. The fourth-order valence-electron chi connectivity index (χ4n) is 1.82. The van der Waals surface area contributed by atoms with Gasteiger partial charge in [-0.05, 0) is 18.2 Å². The maximum absolute atomic E-state index is 13.6. The predicted octanol–water partition coefficient (Wildman–Crippen LogP) is 1.59. The monoisotopic (exact) mass is 311 g/mol. The molecule has 4 nitrogen and oxygen atoms in total. The van der Waals surface area contributed by atoms with Crippen LogP contribution in [0.1, 0.15) is 0 Å². The fourth-order valence-corrected chi connectivity index (χ4v) is 3.54. The molecule has 0 radical (unpaired) electrons. The van der Waals surface area contributed by atoms with Crippen molar-refractivity contribution in [1.82, 2.24) is 4.31 Å². The van der Waals surface area contributed by atoms with Gasteiger partial charge in [-0.15, -0.1) is 11.6 Å². The Hall–Kier alpha value is -0.760. The van der Waals surface area contributed by atoms with Crippen LogP contribution >= 0.6 is 11.6 Å². The number of benzene rings is 1. The Morgan fingerprint density at radius 2 is 2.16 bits per heavy atom. The second-order valence-corrected chi connectivity index (χ2v) is 6.30. The molecule has 1 atom stereocenters. The van der Waals surface area contributed by atoms with E-state index >= 15 is 0 Å². The molecule has 8 heteroatoms. The molecule has 0 aliphatic carbocycles. The number of sulfonamides is 1. The van der Waals surface area contributed by atoms with Crippen molar-refractivity contribution in [2.45, 2.75) is 11.0 Å². The molecule has 0 amide bonds. The molecule has 1 aliphatic rings. The Labute approximate surface area is 115 Å². The summed E-state index contributed by atoms with van der Waals surface area (Å²) in [7, 11) is -4.08. The van der Waals surface area contributed by atoms with E-state index in [2.05, 4.69) is 0 Å². The van der Waals surface area contributed by atoms with Crippen LogP contribution in [-0.2, 0) is 14.8 Å². The normalized spacial score (nSPS) is 21.5. The zero-order chi connectivity index (χ0) is 14.0. The van der Waals surface area contributed by atoms with E-state index in [-0.39, 0.29) is 25.6 Å². The zero-order valence-corrected chi connectivity index (χ0v) is 11.4. The lowest BCUT2D eigenvalue weighted by molar-refractivity contribution is 0.0121. The molecule has 1 aliphatic heterocycles. The topological polar surface area (TPSA) is 46.6 Å². The molecule has 0 N–H and O–H groups in total. The van der Waals surface area contributed by atoms with Gasteiger partial charge < -0.3 is 4.74 Å². The third kappa shape index (κ3) is 3.05. The first kappa shape index (κ1) is 14.6. The average Bonchev–Trinajstić information content (AvgIpc) is 2.41. The smallest absolute Gasteiger partial charge is 0.246 e. The Balaban J connectivity index is 2.34. The molecule has 1 heterocycles. The predicted molar refractivity (Wildman–Crippen MR) is 65.6 cm³/mol. The molecule has 1 saturated heterocycles. The molecular weight excluding hydrogens is 300 g/mol. The summed E-state index contributed by atoms with van der Waals surface area (Å²) in [4.78, 5) is -0.664. The van der Waals surface area contributed by atoms with Crippen LogP contribution in [0.5, 0.6) is 0 Å². The van der Waals surface area contributed by atoms with Gasteiger partial charge in [0.25, 0.3) is 0 Å². The van der Waals surface area contributed by atoms with Gasteiger partial charge in [-0.1, -0.05) is 0 Å². The number of hydrogen-bond donors (Lipinski definition) is 0. The molecule has 2 rings (SSSR count). The van der Waals surface area contributed by atoms with Crippen molar-refractivity contribution in [1.29, 1.82) is 0 Å². The van der Waals surface area contributed by atoms with Crippen LogP contribution in [-0.4, -0.2) is 44.4 Å². The van der Waals surface area contributed by atoms with E-state index in [0.29, 0.717) is 6.07 Å². The minimum absolute atomic E-state index is 0.0296. The van der Waals surface area contributed by atoms with Crippen molar-refractivity contribution in [2.75, 3.05) is 25.6 Å². The number of alkyl halides is 1. The number of hydrogen-bond acceptors (Lipinski definition) is 3. The summed E-state index contributed by atoms with van der Waals surface area (Å²) in [5, 5.41) is 0. The summed E-state index contributed by atoms with van der Waals surface area (Å²) < 4.78 is 57.4. The van der Waals surface area contributed by atoms with Crippen molar-refractivity contribution in [3.63, 3.8) is 0 Å². The van der Waals surface area contributed by atoms with Crippen LogP contribution in [0.15, 0.2) is 23.1 Å². The summed E-state index contributed by atoms with van der Waals surface area (Å²) >= 11 is 5.62. The van der Waals surface area contributed by atoms with Crippen molar-refractivity contribution in [2.24, 2.45) is 0 Å². The molecular formula is C11H12ClF2NO3S. The minimum atomic E-state index is -4.08. The summed E-state index contributed by atoms with van der Waals surface area (Å²) in [5.74, 6) is -1.64. The van der Waals surface area contributed by atoms with Crippen molar-refractivity contribution in [3.8, 4) is 0 Å². The van der Waals surface area contributed by atoms with Crippen molar-refractivity contribution < 1.29 is 21.9 Å². The van der Waals surface area contributed by atoms with Gasteiger partial charge in [-0.2, -0.15) is 4.31 Å². The maximum atomic E-state index is 13.6. The molecule has 0 aromatic heterocycles. The quantitative estimate of drug-likeness (QED) is 0.797. The van der Waals surface area contributed by atoms with Crippen LogP contribution in [0.25, 0.3) is 0 Å². The maximum Gasteiger partial charge on any atom is 0.246 e. The molecule has 0 spiro atoms. The van der Waals surface area contributed by atoms with Gasteiger partial charge in [0.05, 0.1) is 12.7 Å². The van der Waals surface area contributed by atoms with Gasteiger partial charge in [0.15, 0.2) is 0 Å². The van der Waals surface area contributed by atoms with Gasteiger partial charge in [0.1, 0.15) is 16.5 Å². The average molecular weight is 312 g/mol. The van der Waals surface area contributed by atoms with E-state index in [9.17, 15) is 17.2 Å². The fraction of sp³-hybridized carbons (Fsp3) is 0.455. The van der Waals surface area contributed by atoms with Gasteiger partial charge >= 0.3 is 0 Å².